The molecule has 6 nitrogen and oxygen atoms in total. The fourth-order valence-electron chi connectivity index (χ4n) is 3.34. The monoisotopic (exact) mass is 318 g/mol. The molecule has 2 aliphatic rings. The number of ether oxygens (including phenoxy) is 1. The molecule has 6 heteroatoms. The first-order chi connectivity index (χ1) is 10.9. The van der Waals surface area contributed by atoms with Crippen LogP contribution >= 0.6 is 0 Å². The Bertz CT molecular complexity index is 629. The van der Waals surface area contributed by atoms with Crippen LogP contribution in [0.2, 0.25) is 0 Å². The van der Waals surface area contributed by atoms with E-state index < -0.39 is 11.5 Å². The van der Waals surface area contributed by atoms with Crippen LogP contribution in [0.5, 0.6) is 5.75 Å². The van der Waals surface area contributed by atoms with Crippen molar-refractivity contribution >= 4 is 11.8 Å². The molecule has 0 aromatic heterocycles. The molecule has 0 radical (unpaired) electrons. The second kappa shape index (κ2) is 5.85. The maximum Gasteiger partial charge on any atom is 0.255 e. The summed E-state index contributed by atoms with van der Waals surface area (Å²) in [6.45, 7) is 2.71. The molecule has 2 unspecified atom stereocenters. The fraction of sp³-hybridized carbons (Fsp3) is 0.529. The van der Waals surface area contributed by atoms with Crippen LogP contribution in [-0.4, -0.2) is 47.1 Å². The number of β-amino-alcohol motifs (C(OH)–C–C–N with tert-alkyl or cyclic N) is 1. The molecular weight excluding hydrogens is 296 g/mol. The molecule has 1 aromatic carbocycles. The lowest BCUT2D eigenvalue weighted by molar-refractivity contribution is -0.119. The van der Waals surface area contributed by atoms with E-state index in [0.717, 1.165) is 12.8 Å². The van der Waals surface area contributed by atoms with E-state index >= 15 is 0 Å². The molecule has 1 aliphatic carbocycles. The number of nitrogens with zero attached hydrogens (tertiary/aromatic N) is 1. The van der Waals surface area contributed by atoms with Gasteiger partial charge in [-0.15, -0.1) is 0 Å². The molecule has 1 aromatic rings. The number of likely N-dealkylation sites (tertiary alicyclic amines) is 1. The number of hydrogen-bond acceptors (Lipinski definition) is 4. The summed E-state index contributed by atoms with van der Waals surface area (Å²) in [6, 6.07) is 6.69. The summed E-state index contributed by atoms with van der Waals surface area (Å²) < 4.78 is 5.24. The first kappa shape index (κ1) is 15.8. The first-order valence-corrected chi connectivity index (χ1v) is 7.93. The van der Waals surface area contributed by atoms with Crippen LogP contribution in [0, 0.1) is 11.8 Å². The molecule has 0 bridgehead atoms. The lowest BCUT2D eigenvalue weighted by atomic mass is 9.88. The molecule has 1 saturated heterocycles. The third kappa shape index (κ3) is 3.17. The molecule has 0 spiro atoms. The lowest BCUT2D eigenvalue weighted by Gasteiger charge is -2.26. The highest BCUT2D eigenvalue weighted by Gasteiger charge is 2.53. The van der Waals surface area contributed by atoms with Crippen molar-refractivity contribution in [2.45, 2.75) is 25.4 Å². The Labute approximate surface area is 135 Å². The van der Waals surface area contributed by atoms with Crippen molar-refractivity contribution in [2.24, 2.45) is 17.6 Å². The van der Waals surface area contributed by atoms with Gasteiger partial charge in [-0.3, -0.25) is 9.59 Å². The minimum Gasteiger partial charge on any atom is -0.484 e. The van der Waals surface area contributed by atoms with Crippen LogP contribution in [0.4, 0.5) is 0 Å². The first-order valence-electron chi connectivity index (χ1n) is 7.93. The third-order valence-corrected chi connectivity index (χ3v) is 4.83. The van der Waals surface area contributed by atoms with E-state index in [1.807, 2.05) is 6.92 Å². The predicted octanol–water partition coefficient (Wildman–Crippen LogP) is 0.784. The number of hydrogen-bond donors (Lipinski definition) is 2. The van der Waals surface area contributed by atoms with Gasteiger partial charge < -0.3 is 20.5 Å². The van der Waals surface area contributed by atoms with Gasteiger partial charge in [-0.05, 0) is 37.0 Å². The molecule has 23 heavy (non-hydrogen) atoms. The molecule has 124 valence electrons. The topological polar surface area (TPSA) is 92.9 Å². The highest BCUT2D eigenvalue weighted by Crippen LogP contribution is 2.47. The molecule has 3 N–H and O–H groups in total. The van der Waals surface area contributed by atoms with E-state index in [0.29, 0.717) is 30.3 Å². The van der Waals surface area contributed by atoms with E-state index in [2.05, 4.69) is 0 Å². The number of rotatable bonds is 5. The molecule has 1 aliphatic heterocycles. The summed E-state index contributed by atoms with van der Waals surface area (Å²) in [4.78, 5) is 25.2. The quantitative estimate of drug-likeness (QED) is 0.839. The van der Waals surface area contributed by atoms with Crippen LogP contribution in [0.15, 0.2) is 24.3 Å². The van der Waals surface area contributed by atoms with Gasteiger partial charge in [0.2, 0.25) is 0 Å². The summed E-state index contributed by atoms with van der Waals surface area (Å²) in [7, 11) is 0. The number of nitrogens with two attached hydrogens (primary N) is 1. The zero-order chi connectivity index (χ0) is 16.6. The summed E-state index contributed by atoms with van der Waals surface area (Å²) in [5.74, 6) is 0.135. The molecule has 3 rings (SSSR count). The van der Waals surface area contributed by atoms with Gasteiger partial charge in [0.15, 0.2) is 6.61 Å². The standard InChI is InChI=1S/C17H22N2O4/c1-11-8-19(10-17(11,22)13-5-6-13)16(21)12-3-2-4-14(7-12)23-9-15(18)20/h2-4,7,11,13,22H,5-6,8-10H2,1H3,(H2,18,20). The van der Waals surface area contributed by atoms with E-state index in [1.54, 1.807) is 29.2 Å². The van der Waals surface area contributed by atoms with Gasteiger partial charge in [-0.25, -0.2) is 0 Å². The van der Waals surface area contributed by atoms with Gasteiger partial charge >= 0.3 is 0 Å². The van der Waals surface area contributed by atoms with Crippen molar-refractivity contribution in [3.63, 3.8) is 0 Å². The summed E-state index contributed by atoms with van der Waals surface area (Å²) in [5.41, 5.74) is 4.78. The molecule has 2 atom stereocenters. The van der Waals surface area contributed by atoms with Crippen molar-refractivity contribution in [2.75, 3.05) is 19.7 Å². The minimum absolute atomic E-state index is 0.0771. The normalized spacial score (nSPS) is 27.0. The highest BCUT2D eigenvalue weighted by atomic mass is 16.5. The largest absolute Gasteiger partial charge is 0.484 e. The van der Waals surface area contributed by atoms with Crippen molar-refractivity contribution in [3.05, 3.63) is 29.8 Å². The number of benzene rings is 1. The smallest absolute Gasteiger partial charge is 0.255 e. The zero-order valence-electron chi connectivity index (χ0n) is 13.2. The lowest BCUT2D eigenvalue weighted by Crippen LogP contribution is -2.40. The van der Waals surface area contributed by atoms with Crippen molar-refractivity contribution in [1.29, 1.82) is 0 Å². The van der Waals surface area contributed by atoms with Crippen LogP contribution in [0.25, 0.3) is 0 Å². The Balaban J connectivity index is 1.71. The Morgan fingerprint density at radius 2 is 2.17 bits per heavy atom. The second-order valence-electron chi connectivity index (χ2n) is 6.64. The Morgan fingerprint density at radius 1 is 1.43 bits per heavy atom. The zero-order valence-corrected chi connectivity index (χ0v) is 13.2. The van der Waals surface area contributed by atoms with E-state index in [9.17, 15) is 14.7 Å². The molecule has 1 heterocycles. The van der Waals surface area contributed by atoms with E-state index in [-0.39, 0.29) is 18.4 Å². The SMILES string of the molecule is CC1CN(C(=O)c2cccc(OCC(N)=O)c2)CC1(O)C1CC1. The van der Waals surface area contributed by atoms with Crippen molar-refractivity contribution < 1.29 is 19.4 Å². The maximum absolute atomic E-state index is 12.7. The predicted molar refractivity (Wildman–Crippen MR) is 83.9 cm³/mol. The minimum atomic E-state index is -0.754. The Kier molecular flexibility index (Phi) is 4.02. The molecular formula is C17H22N2O4. The maximum atomic E-state index is 12.7. The fourth-order valence-corrected chi connectivity index (χ4v) is 3.34. The molecule has 2 amide bonds. The summed E-state index contributed by atoms with van der Waals surface area (Å²) in [6.07, 6.45) is 2.08. The number of primary amides is 1. The number of aliphatic hydroxyl groups is 1. The Morgan fingerprint density at radius 3 is 2.83 bits per heavy atom. The van der Waals surface area contributed by atoms with Gasteiger partial charge in [-0.1, -0.05) is 13.0 Å². The van der Waals surface area contributed by atoms with Gasteiger partial charge in [0, 0.05) is 18.0 Å². The van der Waals surface area contributed by atoms with Crippen molar-refractivity contribution in [1.82, 2.24) is 4.90 Å². The Hall–Kier alpha value is -2.08. The highest BCUT2D eigenvalue weighted by molar-refractivity contribution is 5.95. The number of amides is 2. The summed E-state index contributed by atoms with van der Waals surface area (Å²) >= 11 is 0. The van der Waals surface area contributed by atoms with Gasteiger partial charge in [0.25, 0.3) is 11.8 Å². The van der Waals surface area contributed by atoms with Gasteiger partial charge in [0.05, 0.1) is 12.1 Å². The molecule has 2 fully saturated rings. The second-order valence-corrected chi connectivity index (χ2v) is 6.64. The number of carbonyl (C=O) groups excluding carboxylic acids is 2. The average molecular weight is 318 g/mol. The van der Waals surface area contributed by atoms with E-state index in [1.165, 1.54) is 0 Å². The van der Waals surface area contributed by atoms with Gasteiger partial charge in [-0.2, -0.15) is 0 Å². The van der Waals surface area contributed by atoms with Crippen LogP contribution in [-0.2, 0) is 4.79 Å². The van der Waals surface area contributed by atoms with Crippen molar-refractivity contribution in [3.8, 4) is 5.75 Å². The summed E-state index contributed by atoms with van der Waals surface area (Å²) in [5, 5.41) is 10.8. The number of carbonyl (C=O) groups is 2. The van der Waals surface area contributed by atoms with Gasteiger partial charge in [0.1, 0.15) is 5.75 Å². The van der Waals surface area contributed by atoms with Crippen LogP contribution in [0.1, 0.15) is 30.1 Å². The average Bonchev–Trinajstić information content (AvgIpc) is 3.33. The van der Waals surface area contributed by atoms with Crippen LogP contribution < -0.4 is 10.5 Å². The molecule has 1 saturated carbocycles. The van der Waals surface area contributed by atoms with E-state index in [4.69, 9.17) is 10.5 Å². The third-order valence-electron chi connectivity index (χ3n) is 4.83. The van der Waals surface area contributed by atoms with Crippen LogP contribution in [0.3, 0.4) is 0 Å².